The van der Waals surface area contributed by atoms with Gasteiger partial charge in [-0.2, -0.15) is 13.2 Å². The fraction of sp³-hybridized carbons (Fsp3) is 0.240. The summed E-state index contributed by atoms with van der Waals surface area (Å²) in [4.78, 5) is 15.9. The molecular weight excluding hydrogens is 495 g/mol. The molecule has 0 bridgehead atoms. The van der Waals surface area contributed by atoms with Gasteiger partial charge in [-0.15, -0.1) is 0 Å². The number of halogens is 3. The van der Waals surface area contributed by atoms with Gasteiger partial charge in [0.25, 0.3) is 15.9 Å². The molecule has 2 aliphatic rings. The van der Waals surface area contributed by atoms with Crippen LogP contribution in [0.15, 0.2) is 47.4 Å². The standard InChI is InChI=1S/C25H22F3N3O4S/c1-35-23-17-4-2-3-5-20(17)29-22(23)13-19-18-12-16(10-11-21(18)30-24(19)32)36(33,34)31-15-8-6-14(7-9-15)25(26,27)28/h6-13,29,31H,2-5H2,1H3,(H,30,32). The summed E-state index contributed by atoms with van der Waals surface area (Å²) in [6.45, 7) is 0. The number of carbonyl (C=O) groups excluding carboxylic acids is 1. The molecule has 0 radical (unpaired) electrons. The Bertz CT molecular complexity index is 1490. The zero-order valence-corrected chi connectivity index (χ0v) is 19.9. The second kappa shape index (κ2) is 8.74. The van der Waals surface area contributed by atoms with Gasteiger partial charge >= 0.3 is 6.18 Å². The minimum absolute atomic E-state index is 0.0184. The molecular formula is C25H22F3N3O4S. The molecule has 36 heavy (non-hydrogen) atoms. The number of methoxy groups -OCH3 is 1. The summed E-state index contributed by atoms with van der Waals surface area (Å²) in [5.41, 5.74) is 3.01. The van der Waals surface area contributed by atoms with Crippen LogP contribution in [0.5, 0.6) is 5.75 Å². The van der Waals surface area contributed by atoms with E-state index in [0.29, 0.717) is 22.7 Å². The molecule has 2 aromatic carbocycles. The third-order valence-corrected chi connectivity index (χ3v) is 7.69. The van der Waals surface area contributed by atoms with E-state index in [4.69, 9.17) is 4.74 Å². The Labute approximate surface area is 205 Å². The number of ether oxygens (including phenoxy) is 1. The predicted molar refractivity (Wildman–Crippen MR) is 129 cm³/mol. The van der Waals surface area contributed by atoms with Crippen molar-refractivity contribution < 1.29 is 31.1 Å². The number of rotatable bonds is 5. The molecule has 5 rings (SSSR count). The topological polar surface area (TPSA) is 100 Å². The normalized spacial score (nSPS) is 16.4. The van der Waals surface area contributed by atoms with Crippen LogP contribution in [-0.4, -0.2) is 26.4 Å². The first kappa shape index (κ1) is 24.0. The lowest BCUT2D eigenvalue weighted by molar-refractivity contribution is -0.137. The third kappa shape index (κ3) is 4.34. The smallest absolute Gasteiger partial charge is 0.416 e. The first-order valence-corrected chi connectivity index (χ1v) is 12.7. The van der Waals surface area contributed by atoms with Crippen molar-refractivity contribution in [3.8, 4) is 5.75 Å². The van der Waals surface area contributed by atoms with Gasteiger partial charge in [-0.3, -0.25) is 9.52 Å². The van der Waals surface area contributed by atoms with Crippen LogP contribution in [-0.2, 0) is 33.8 Å². The van der Waals surface area contributed by atoms with Gasteiger partial charge in [-0.1, -0.05) is 0 Å². The van der Waals surface area contributed by atoms with Crippen LogP contribution in [0.25, 0.3) is 11.6 Å². The Hall–Kier alpha value is -3.73. The fourth-order valence-electron chi connectivity index (χ4n) is 4.57. The number of hydrogen-bond acceptors (Lipinski definition) is 4. The number of alkyl halides is 3. The number of amides is 1. The van der Waals surface area contributed by atoms with Gasteiger partial charge in [0.1, 0.15) is 5.75 Å². The van der Waals surface area contributed by atoms with Crippen LogP contribution >= 0.6 is 0 Å². The zero-order valence-electron chi connectivity index (χ0n) is 19.1. The quantitative estimate of drug-likeness (QED) is 0.405. The highest BCUT2D eigenvalue weighted by Gasteiger charge is 2.31. The number of H-pyrrole nitrogens is 1. The van der Waals surface area contributed by atoms with Gasteiger partial charge in [0.2, 0.25) is 0 Å². The number of aromatic nitrogens is 1. The van der Waals surface area contributed by atoms with Crippen LogP contribution < -0.4 is 14.8 Å². The summed E-state index contributed by atoms with van der Waals surface area (Å²) >= 11 is 0. The summed E-state index contributed by atoms with van der Waals surface area (Å²) in [6.07, 6.45) is 0.990. The molecule has 3 aromatic rings. The molecule has 1 aliphatic carbocycles. The van der Waals surface area contributed by atoms with Crippen molar-refractivity contribution in [1.29, 1.82) is 0 Å². The number of aryl methyl sites for hydroxylation is 1. The van der Waals surface area contributed by atoms with E-state index in [1.807, 2.05) is 0 Å². The van der Waals surface area contributed by atoms with Gasteiger partial charge in [-0.05, 0) is 74.2 Å². The van der Waals surface area contributed by atoms with Crippen molar-refractivity contribution in [2.75, 3.05) is 17.1 Å². The summed E-state index contributed by atoms with van der Waals surface area (Å²) in [7, 11) is -2.57. The Morgan fingerprint density at radius 2 is 1.78 bits per heavy atom. The number of hydrogen-bond donors (Lipinski definition) is 3. The molecule has 0 atom stereocenters. The molecule has 0 saturated carbocycles. The van der Waals surface area contributed by atoms with Crippen molar-refractivity contribution in [3.05, 3.63) is 70.5 Å². The molecule has 2 heterocycles. The monoisotopic (exact) mass is 517 g/mol. The molecule has 3 N–H and O–H groups in total. The van der Waals surface area contributed by atoms with E-state index in [1.165, 1.54) is 18.2 Å². The van der Waals surface area contributed by atoms with E-state index in [0.717, 1.165) is 61.2 Å². The fourth-order valence-corrected chi connectivity index (χ4v) is 5.66. The number of sulfonamides is 1. The van der Waals surface area contributed by atoms with E-state index in [2.05, 4.69) is 15.0 Å². The van der Waals surface area contributed by atoms with Crippen LogP contribution in [0.1, 0.15) is 40.9 Å². The number of anilines is 2. The van der Waals surface area contributed by atoms with Crippen molar-refractivity contribution >= 4 is 39.0 Å². The third-order valence-electron chi connectivity index (χ3n) is 6.31. The molecule has 7 nitrogen and oxygen atoms in total. The van der Waals surface area contributed by atoms with Crippen LogP contribution in [0, 0.1) is 0 Å². The minimum Gasteiger partial charge on any atom is -0.494 e. The number of carbonyl (C=O) groups is 1. The summed E-state index contributed by atoms with van der Waals surface area (Å²) in [5.74, 6) is 0.288. The first-order chi connectivity index (χ1) is 17.1. The van der Waals surface area contributed by atoms with E-state index >= 15 is 0 Å². The van der Waals surface area contributed by atoms with E-state index in [1.54, 1.807) is 13.2 Å². The van der Waals surface area contributed by atoms with Crippen LogP contribution in [0.3, 0.4) is 0 Å². The minimum atomic E-state index is -4.53. The predicted octanol–water partition coefficient (Wildman–Crippen LogP) is 5.21. The molecule has 0 fully saturated rings. The number of fused-ring (bicyclic) bond motifs is 2. The second-order valence-corrected chi connectivity index (χ2v) is 10.3. The maximum Gasteiger partial charge on any atom is 0.416 e. The van der Waals surface area contributed by atoms with E-state index < -0.39 is 21.8 Å². The number of nitrogens with one attached hydrogen (secondary N) is 3. The SMILES string of the molecule is COc1c(C=C2C(=O)Nc3ccc(S(=O)(=O)Nc4ccc(C(F)(F)F)cc4)cc32)[nH]c2c1CCCC2. The Morgan fingerprint density at radius 3 is 2.47 bits per heavy atom. The van der Waals surface area contributed by atoms with Crippen molar-refractivity contribution in [3.63, 3.8) is 0 Å². The average molecular weight is 518 g/mol. The zero-order chi connectivity index (χ0) is 25.7. The highest BCUT2D eigenvalue weighted by molar-refractivity contribution is 7.92. The molecule has 0 spiro atoms. The lowest BCUT2D eigenvalue weighted by Crippen LogP contribution is -2.13. The van der Waals surface area contributed by atoms with Gasteiger partial charge in [-0.25, -0.2) is 8.42 Å². The van der Waals surface area contributed by atoms with E-state index in [9.17, 15) is 26.4 Å². The lowest BCUT2D eigenvalue weighted by Gasteiger charge is -2.11. The molecule has 1 aromatic heterocycles. The first-order valence-electron chi connectivity index (χ1n) is 11.2. The summed E-state index contributed by atoms with van der Waals surface area (Å²) in [5, 5.41) is 2.73. The van der Waals surface area contributed by atoms with Crippen molar-refractivity contribution in [1.82, 2.24) is 4.98 Å². The maximum atomic E-state index is 13.0. The van der Waals surface area contributed by atoms with Gasteiger partial charge < -0.3 is 15.0 Å². The summed E-state index contributed by atoms with van der Waals surface area (Å²) in [6, 6.07) is 7.85. The Kier molecular flexibility index (Phi) is 5.82. The highest BCUT2D eigenvalue weighted by Crippen LogP contribution is 2.39. The van der Waals surface area contributed by atoms with Crippen LogP contribution in [0.2, 0.25) is 0 Å². The van der Waals surface area contributed by atoms with Crippen molar-refractivity contribution in [2.45, 2.75) is 36.8 Å². The van der Waals surface area contributed by atoms with Gasteiger partial charge in [0, 0.05) is 28.2 Å². The Morgan fingerprint density at radius 1 is 1.06 bits per heavy atom. The molecule has 1 amide bonds. The highest BCUT2D eigenvalue weighted by atomic mass is 32.2. The van der Waals surface area contributed by atoms with Crippen molar-refractivity contribution in [2.24, 2.45) is 0 Å². The van der Waals surface area contributed by atoms with Gasteiger partial charge in [0.05, 0.1) is 28.8 Å². The lowest BCUT2D eigenvalue weighted by atomic mass is 9.97. The maximum absolute atomic E-state index is 13.0. The van der Waals surface area contributed by atoms with Crippen LogP contribution in [0.4, 0.5) is 24.5 Å². The molecule has 188 valence electrons. The largest absolute Gasteiger partial charge is 0.494 e. The molecule has 0 unspecified atom stereocenters. The average Bonchev–Trinajstić information content (AvgIpc) is 3.34. The number of aromatic amines is 1. The molecule has 1 aliphatic heterocycles. The molecule has 11 heteroatoms. The van der Waals surface area contributed by atoms with Gasteiger partial charge in [0.15, 0.2) is 0 Å². The number of benzene rings is 2. The summed E-state index contributed by atoms with van der Waals surface area (Å²) < 4.78 is 72.3. The Balaban J connectivity index is 1.48. The van der Waals surface area contributed by atoms with E-state index in [-0.39, 0.29) is 22.1 Å². The second-order valence-electron chi connectivity index (χ2n) is 8.64. The molecule has 0 saturated heterocycles.